The maximum Gasteiger partial charge on any atom is 0.263 e. The van der Waals surface area contributed by atoms with Crippen molar-refractivity contribution in [2.24, 2.45) is 0 Å². The van der Waals surface area contributed by atoms with Gasteiger partial charge in [0.2, 0.25) is 11.8 Å². The number of epoxide rings is 1. The SMILES string of the molecule is COCC(NC(=O)c1cnc(C)s1)C(=O)N[C@@H](COC)C(=O)N[C@@H](CCc1ccccc1)C(=O)[C@@]1(C)CO1. The summed E-state index contributed by atoms with van der Waals surface area (Å²) in [5, 5.41) is 8.71. The number of carbonyl (C=O) groups is 4. The molecule has 3 N–H and O–H groups in total. The lowest BCUT2D eigenvalue weighted by molar-refractivity contribution is -0.134. The zero-order valence-corrected chi connectivity index (χ0v) is 22.8. The molecule has 0 aliphatic carbocycles. The van der Waals surface area contributed by atoms with E-state index in [0.717, 1.165) is 5.56 Å². The van der Waals surface area contributed by atoms with Gasteiger partial charge in [-0.25, -0.2) is 4.98 Å². The number of thiazole rings is 1. The molecule has 1 saturated heterocycles. The van der Waals surface area contributed by atoms with E-state index in [1.54, 1.807) is 13.8 Å². The van der Waals surface area contributed by atoms with Crippen molar-refractivity contribution < 1.29 is 33.4 Å². The van der Waals surface area contributed by atoms with Crippen molar-refractivity contribution in [3.05, 3.63) is 52.0 Å². The van der Waals surface area contributed by atoms with E-state index in [4.69, 9.17) is 14.2 Å². The van der Waals surface area contributed by atoms with E-state index in [-0.39, 0.29) is 19.0 Å². The number of nitrogens with one attached hydrogen (secondary N) is 3. The van der Waals surface area contributed by atoms with E-state index in [1.165, 1.54) is 31.8 Å². The highest BCUT2D eigenvalue weighted by molar-refractivity contribution is 7.13. The van der Waals surface area contributed by atoms with Crippen LogP contribution in [0.3, 0.4) is 0 Å². The molecule has 3 rings (SSSR count). The average molecular weight is 547 g/mol. The number of hydrogen-bond acceptors (Lipinski definition) is 9. The van der Waals surface area contributed by atoms with Crippen molar-refractivity contribution in [3.8, 4) is 0 Å². The van der Waals surface area contributed by atoms with Gasteiger partial charge in [-0.3, -0.25) is 19.2 Å². The Bertz CT molecular complexity index is 1120. The fourth-order valence-electron chi connectivity index (χ4n) is 3.78. The number of methoxy groups -OCH3 is 2. The van der Waals surface area contributed by atoms with Crippen LogP contribution in [0.15, 0.2) is 36.5 Å². The van der Waals surface area contributed by atoms with Gasteiger partial charge in [-0.15, -0.1) is 11.3 Å². The molecule has 0 bridgehead atoms. The zero-order valence-electron chi connectivity index (χ0n) is 21.9. The van der Waals surface area contributed by atoms with Gasteiger partial charge in [-0.2, -0.15) is 0 Å². The molecule has 1 fully saturated rings. The van der Waals surface area contributed by atoms with Crippen molar-refractivity contribution in [2.45, 2.75) is 50.4 Å². The van der Waals surface area contributed by atoms with Crippen LogP contribution in [0, 0.1) is 6.92 Å². The summed E-state index contributed by atoms with van der Waals surface area (Å²) in [4.78, 5) is 56.4. The van der Waals surface area contributed by atoms with Crippen LogP contribution in [0.25, 0.3) is 0 Å². The number of amides is 3. The normalized spacial score (nSPS) is 18.6. The van der Waals surface area contributed by atoms with Gasteiger partial charge in [0.05, 0.1) is 37.1 Å². The lowest BCUT2D eigenvalue weighted by atomic mass is 9.95. The summed E-state index contributed by atoms with van der Waals surface area (Å²) in [5.41, 5.74) is 0.0924. The molecule has 206 valence electrons. The van der Waals surface area contributed by atoms with Crippen molar-refractivity contribution in [2.75, 3.05) is 34.0 Å². The highest BCUT2D eigenvalue weighted by Crippen LogP contribution is 2.29. The summed E-state index contributed by atoms with van der Waals surface area (Å²) in [5.74, 6) is -1.93. The predicted molar refractivity (Wildman–Crippen MR) is 140 cm³/mol. The van der Waals surface area contributed by atoms with Gasteiger partial charge in [0, 0.05) is 14.2 Å². The first-order chi connectivity index (χ1) is 18.2. The number of aryl methyl sites for hydroxylation is 2. The summed E-state index contributed by atoms with van der Waals surface area (Å²) >= 11 is 1.19. The minimum atomic E-state index is -1.12. The lowest BCUT2D eigenvalue weighted by Gasteiger charge is -2.25. The summed E-state index contributed by atoms with van der Waals surface area (Å²) in [6, 6.07) is 6.61. The number of benzene rings is 1. The van der Waals surface area contributed by atoms with Gasteiger partial charge in [-0.05, 0) is 32.3 Å². The fraction of sp³-hybridized carbons (Fsp3) is 0.500. The Labute approximate surface area is 225 Å². The van der Waals surface area contributed by atoms with Crippen molar-refractivity contribution in [1.82, 2.24) is 20.9 Å². The molecule has 2 heterocycles. The Morgan fingerprint density at radius 3 is 2.11 bits per heavy atom. The minimum absolute atomic E-state index is 0.120. The van der Waals surface area contributed by atoms with Crippen molar-refractivity contribution >= 4 is 34.8 Å². The predicted octanol–water partition coefficient (Wildman–Crippen LogP) is 0.803. The molecule has 2 aromatic rings. The van der Waals surface area contributed by atoms with Gasteiger partial charge in [0.15, 0.2) is 5.78 Å². The molecule has 3 amide bonds. The lowest BCUT2D eigenvalue weighted by Crippen LogP contribution is -2.58. The molecule has 0 saturated carbocycles. The second-order valence-corrected chi connectivity index (χ2v) is 10.4. The van der Waals surface area contributed by atoms with Crippen LogP contribution in [-0.4, -0.2) is 86.3 Å². The molecule has 11 nitrogen and oxygen atoms in total. The standard InChI is InChI=1S/C26H34N4O7S/c1-16-27-12-21(38-16)25(34)30-20(14-36-4)24(33)29-19(13-35-3)23(32)28-18(22(31)26(2)15-37-26)11-10-17-8-6-5-7-9-17/h5-9,12,18-20H,10-11,13-15H2,1-4H3,(H,28,32)(H,29,33)(H,30,34)/t18-,19-,20?,26+/m0/s1. The second kappa shape index (κ2) is 13.6. The van der Waals surface area contributed by atoms with Crippen LogP contribution in [-0.2, 0) is 35.0 Å². The Balaban J connectivity index is 1.67. The van der Waals surface area contributed by atoms with Crippen LogP contribution in [0.1, 0.15) is 33.6 Å². The number of rotatable bonds is 15. The maximum atomic E-state index is 13.2. The summed E-state index contributed by atoms with van der Waals surface area (Å²) in [6.07, 6.45) is 2.35. The largest absolute Gasteiger partial charge is 0.382 e. The van der Waals surface area contributed by atoms with Gasteiger partial charge in [0.25, 0.3) is 5.91 Å². The first-order valence-corrected chi connectivity index (χ1v) is 13.0. The quantitative estimate of drug-likeness (QED) is 0.278. The highest BCUT2D eigenvalue weighted by atomic mass is 32.1. The molecule has 1 unspecified atom stereocenters. The maximum absolute atomic E-state index is 13.2. The molecule has 1 aliphatic rings. The molecule has 0 spiro atoms. The zero-order chi connectivity index (χ0) is 27.7. The van der Waals surface area contributed by atoms with Crippen LogP contribution < -0.4 is 16.0 Å². The third-order valence-corrected chi connectivity index (χ3v) is 6.97. The molecule has 1 aliphatic heterocycles. The molecule has 4 atom stereocenters. The van der Waals surface area contributed by atoms with Gasteiger partial charge < -0.3 is 30.2 Å². The fourth-order valence-corrected chi connectivity index (χ4v) is 4.46. The van der Waals surface area contributed by atoms with E-state index in [1.807, 2.05) is 30.3 Å². The van der Waals surface area contributed by atoms with Crippen LogP contribution >= 0.6 is 11.3 Å². The molecule has 38 heavy (non-hydrogen) atoms. The van der Waals surface area contributed by atoms with Gasteiger partial charge in [-0.1, -0.05) is 30.3 Å². The van der Waals surface area contributed by atoms with Gasteiger partial charge >= 0.3 is 0 Å². The second-order valence-electron chi connectivity index (χ2n) is 9.21. The number of ketones is 1. The molecule has 0 radical (unpaired) electrons. The number of hydrogen-bond donors (Lipinski definition) is 3. The number of nitrogens with zero attached hydrogens (tertiary/aromatic N) is 1. The molecule has 1 aromatic carbocycles. The van der Waals surface area contributed by atoms with E-state index in [0.29, 0.717) is 29.3 Å². The highest BCUT2D eigenvalue weighted by Gasteiger charge is 2.50. The summed E-state index contributed by atoms with van der Waals surface area (Å²) in [7, 11) is 2.79. The number of Topliss-reactive ketones (excluding diaryl/α,β-unsaturated/α-hetero) is 1. The topological polar surface area (TPSA) is 148 Å². The first kappa shape index (κ1) is 29.4. The van der Waals surface area contributed by atoms with Crippen LogP contribution in [0.4, 0.5) is 0 Å². The van der Waals surface area contributed by atoms with E-state index in [2.05, 4.69) is 20.9 Å². The third-order valence-electron chi connectivity index (χ3n) is 6.06. The van der Waals surface area contributed by atoms with E-state index < -0.39 is 41.4 Å². The monoisotopic (exact) mass is 546 g/mol. The van der Waals surface area contributed by atoms with Crippen molar-refractivity contribution in [3.63, 3.8) is 0 Å². The van der Waals surface area contributed by atoms with Crippen LogP contribution in [0.5, 0.6) is 0 Å². The van der Waals surface area contributed by atoms with Crippen LogP contribution in [0.2, 0.25) is 0 Å². The third kappa shape index (κ3) is 8.15. The number of carbonyl (C=O) groups excluding carboxylic acids is 4. The van der Waals surface area contributed by atoms with Gasteiger partial charge in [0.1, 0.15) is 22.6 Å². The number of aromatic nitrogens is 1. The van der Waals surface area contributed by atoms with E-state index >= 15 is 0 Å². The molecular weight excluding hydrogens is 512 g/mol. The number of ether oxygens (including phenoxy) is 3. The van der Waals surface area contributed by atoms with Crippen molar-refractivity contribution in [1.29, 1.82) is 0 Å². The Kier molecular flexibility index (Phi) is 10.5. The summed E-state index contributed by atoms with van der Waals surface area (Å²) in [6.45, 7) is 3.48. The minimum Gasteiger partial charge on any atom is -0.382 e. The van der Waals surface area contributed by atoms with E-state index in [9.17, 15) is 19.2 Å². The molecule has 12 heteroatoms. The Morgan fingerprint density at radius 1 is 1.00 bits per heavy atom. The average Bonchev–Trinajstić information content (AvgIpc) is 3.51. The Morgan fingerprint density at radius 2 is 1.58 bits per heavy atom. The smallest absolute Gasteiger partial charge is 0.263 e. The first-order valence-electron chi connectivity index (χ1n) is 12.2. The Hall–Kier alpha value is -3.19. The summed E-state index contributed by atoms with van der Waals surface area (Å²) < 4.78 is 15.6. The molecular formula is C26H34N4O7S. The molecule has 1 aromatic heterocycles.